The van der Waals surface area contributed by atoms with E-state index in [-0.39, 0.29) is 13.2 Å². The third-order valence-electron chi connectivity index (χ3n) is 3.38. The van der Waals surface area contributed by atoms with Gasteiger partial charge < -0.3 is 14.9 Å². The molecule has 116 valence electrons. The molecular weight excluding hydrogens is 292 g/mol. The van der Waals surface area contributed by atoms with Crippen LogP contribution in [-0.2, 0) is 22.6 Å². The van der Waals surface area contributed by atoms with Crippen LogP contribution in [0.1, 0.15) is 17.5 Å². The molecule has 0 spiro atoms. The van der Waals surface area contributed by atoms with E-state index in [4.69, 9.17) is 5.11 Å². The zero-order chi connectivity index (χ0) is 15.4. The van der Waals surface area contributed by atoms with E-state index in [1.165, 1.54) is 16.2 Å². The SMILES string of the molecule is CCN(CCO)C(=O)C(=O)Nc1nc2c(s1)CN(C)CC2. The molecule has 8 heteroatoms. The molecule has 21 heavy (non-hydrogen) atoms. The van der Waals surface area contributed by atoms with E-state index in [0.717, 1.165) is 30.1 Å². The number of likely N-dealkylation sites (N-methyl/N-ethyl adjacent to an activating group) is 2. The number of anilines is 1. The molecule has 1 aliphatic heterocycles. The first-order valence-corrected chi connectivity index (χ1v) is 7.75. The van der Waals surface area contributed by atoms with E-state index in [1.807, 2.05) is 7.05 Å². The molecule has 2 heterocycles. The van der Waals surface area contributed by atoms with Gasteiger partial charge in [-0.05, 0) is 14.0 Å². The second-order valence-electron chi connectivity index (χ2n) is 4.94. The summed E-state index contributed by atoms with van der Waals surface area (Å²) in [6.45, 7) is 3.91. The lowest BCUT2D eigenvalue weighted by Gasteiger charge is -2.20. The van der Waals surface area contributed by atoms with Crippen LogP contribution in [0, 0.1) is 0 Å². The molecule has 1 aliphatic rings. The summed E-state index contributed by atoms with van der Waals surface area (Å²) >= 11 is 1.41. The normalized spacial score (nSPS) is 14.6. The second-order valence-corrected chi connectivity index (χ2v) is 6.02. The Morgan fingerprint density at radius 3 is 2.95 bits per heavy atom. The first-order chi connectivity index (χ1) is 10.0. The Balaban J connectivity index is 2.01. The van der Waals surface area contributed by atoms with Crippen LogP contribution in [0.15, 0.2) is 0 Å². The third kappa shape index (κ3) is 3.78. The Morgan fingerprint density at radius 2 is 2.29 bits per heavy atom. The number of fused-ring (bicyclic) bond motifs is 1. The van der Waals surface area contributed by atoms with Gasteiger partial charge in [-0.15, -0.1) is 11.3 Å². The van der Waals surface area contributed by atoms with Crippen molar-refractivity contribution in [2.24, 2.45) is 0 Å². The summed E-state index contributed by atoms with van der Waals surface area (Å²) in [5.41, 5.74) is 1.00. The quantitative estimate of drug-likeness (QED) is 0.759. The summed E-state index contributed by atoms with van der Waals surface area (Å²) in [5, 5.41) is 11.9. The molecule has 0 aromatic carbocycles. The van der Waals surface area contributed by atoms with Gasteiger partial charge >= 0.3 is 11.8 Å². The molecule has 2 amide bonds. The molecule has 0 saturated carbocycles. The maximum atomic E-state index is 11.9. The van der Waals surface area contributed by atoms with E-state index >= 15 is 0 Å². The minimum Gasteiger partial charge on any atom is -0.395 e. The number of nitrogens with one attached hydrogen (secondary N) is 1. The molecule has 0 atom stereocenters. The molecule has 2 N–H and O–H groups in total. The minimum absolute atomic E-state index is 0.155. The van der Waals surface area contributed by atoms with Crippen molar-refractivity contribution in [1.82, 2.24) is 14.8 Å². The van der Waals surface area contributed by atoms with Crippen molar-refractivity contribution in [2.75, 3.05) is 38.6 Å². The van der Waals surface area contributed by atoms with E-state index in [9.17, 15) is 9.59 Å². The van der Waals surface area contributed by atoms with Gasteiger partial charge in [-0.1, -0.05) is 0 Å². The Morgan fingerprint density at radius 1 is 1.52 bits per heavy atom. The van der Waals surface area contributed by atoms with Gasteiger partial charge in [-0.25, -0.2) is 4.98 Å². The Hall–Kier alpha value is -1.51. The largest absolute Gasteiger partial charge is 0.395 e. The number of rotatable bonds is 4. The average Bonchev–Trinajstić information content (AvgIpc) is 2.85. The number of hydrogen-bond donors (Lipinski definition) is 2. The van der Waals surface area contributed by atoms with E-state index in [0.29, 0.717) is 11.7 Å². The highest BCUT2D eigenvalue weighted by Gasteiger charge is 2.23. The van der Waals surface area contributed by atoms with Crippen molar-refractivity contribution in [3.05, 3.63) is 10.6 Å². The fraction of sp³-hybridized carbons (Fsp3) is 0.615. The summed E-state index contributed by atoms with van der Waals surface area (Å²) in [6.07, 6.45) is 0.859. The van der Waals surface area contributed by atoms with Crippen molar-refractivity contribution >= 4 is 28.3 Å². The molecule has 7 nitrogen and oxygen atoms in total. The average molecular weight is 312 g/mol. The molecule has 0 radical (unpaired) electrons. The minimum atomic E-state index is -0.704. The first kappa shape index (κ1) is 15.9. The van der Waals surface area contributed by atoms with Gasteiger partial charge in [0.25, 0.3) is 0 Å². The lowest BCUT2D eigenvalue weighted by molar-refractivity contribution is -0.143. The van der Waals surface area contributed by atoms with Crippen molar-refractivity contribution < 1.29 is 14.7 Å². The highest BCUT2D eigenvalue weighted by atomic mass is 32.1. The fourth-order valence-electron chi connectivity index (χ4n) is 2.19. The number of aromatic nitrogens is 1. The number of carbonyl (C=O) groups excluding carboxylic acids is 2. The van der Waals surface area contributed by atoms with Crippen molar-refractivity contribution in [1.29, 1.82) is 0 Å². The summed E-state index contributed by atoms with van der Waals surface area (Å²) in [6, 6.07) is 0. The lowest BCUT2D eigenvalue weighted by atomic mass is 10.2. The van der Waals surface area contributed by atoms with Crippen molar-refractivity contribution in [3.63, 3.8) is 0 Å². The van der Waals surface area contributed by atoms with E-state index in [1.54, 1.807) is 6.92 Å². The zero-order valence-electron chi connectivity index (χ0n) is 12.3. The first-order valence-electron chi connectivity index (χ1n) is 6.93. The smallest absolute Gasteiger partial charge is 0.315 e. The molecule has 0 bridgehead atoms. The van der Waals surface area contributed by atoms with Crippen LogP contribution in [0.5, 0.6) is 0 Å². The number of carbonyl (C=O) groups is 2. The van der Waals surface area contributed by atoms with Crippen LogP contribution in [0.4, 0.5) is 5.13 Å². The predicted octanol–water partition coefficient (Wildman–Crippen LogP) is -0.0897. The molecular formula is C13H20N4O3S. The van der Waals surface area contributed by atoms with Crippen LogP contribution in [-0.4, -0.2) is 65.0 Å². The van der Waals surface area contributed by atoms with E-state index < -0.39 is 11.8 Å². The fourth-order valence-corrected chi connectivity index (χ4v) is 3.28. The van der Waals surface area contributed by atoms with Gasteiger partial charge in [-0.2, -0.15) is 0 Å². The maximum Gasteiger partial charge on any atom is 0.315 e. The van der Waals surface area contributed by atoms with Crippen LogP contribution in [0.2, 0.25) is 0 Å². The second kappa shape index (κ2) is 6.97. The Bertz CT molecular complexity index is 531. The van der Waals surface area contributed by atoms with Crippen LogP contribution >= 0.6 is 11.3 Å². The zero-order valence-corrected chi connectivity index (χ0v) is 13.1. The van der Waals surface area contributed by atoms with Crippen LogP contribution in [0.3, 0.4) is 0 Å². The molecule has 0 fully saturated rings. The number of aliphatic hydroxyl groups excluding tert-OH is 1. The van der Waals surface area contributed by atoms with E-state index in [2.05, 4.69) is 15.2 Å². The van der Waals surface area contributed by atoms with Gasteiger partial charge in [0.15, 0.2) is 5.13 Å². The van der Waals surface area contributed by atoms with Gasteiger partial charge in [0.1, 0.15) is 0 Å². The number of thiazole rings is 1. The monoisotopic (exact) mass is 312 g/mol. The van der Waals surface area contributed by atoms with Crippen molar-refractivity contribution in [2.45, 2.75) is 19.9 Å². The molecule has 2 rings (SSSR count). The number of aliphatic hydroxyl groups is 1. The highest BCUT2D eigenvalue weighted by Crippen LogP contribution is 2.27. The van der Waals surface area contributed by atoms with Gasteiger partial charge in [0, 0.05) is 37.5 Å². The lowest BCUT2D eigenvalue weighted by Crippen LogP contribution is -2.41. The highest BCUT2D eigenvalue weighted by molar-refractivity contribution is 7.16. The van der Waals surface area contributed by atoms with Gasteiger partial charge in [-0.3, -0.25) is 14.9 Å². The molecule has 0 saturated heterocycles. The predicted molar refractivity (Wildman–Crippen MR) is 80.1 cm³/mol. The molecule has 0 aliphatic carbocycles. The number of amides is 2. The number of hydrogen-bond acceptors (Lipinski definition) is 6. The topological polar surface area (TPSA) is 85.8 Å². The number of nitrogens with zero attached hydrogens (tertiary/aromatic N) is 3. The summed E-state index contributed by atoms with van der Waals surface area (Å²) in [5.74, 6) is -1.35. The van der Waals surface area contributed by atoms with Gasteiger partial charge in [0.05, 0.1) is 12.3 Å². The molecule has 1 aromatic heterocycles. The van der Waals surface area contributed by atoms with Crippen LogP contribution in [0.25, 0.3) is 0 Å². The Labute approximate surface area is 127 Å². The Kier molecular flexibility index (Phi) is 5.27. The summed E-state index contributed by atoms with van der Waals surface area (Å²) in [7, 11) is 2.04. The molecule has 1 aromatic rings. The summed E-state index contributed by atoms with van der Waals surface area (Å²) < 4.78 is 0. The standard InChI is InChI=1S/C13H20N4O3S/c1-3-17(6-7-18)12(20)11(19)15-13-14-9-4-5-16(2)8-10(9)21-13/h18H,3-8H2,1-2H3,(H,14,15,19). The maximum absolute atomic E-state index is 11.9. The van der Waals surface area contributed by atoms with Crippen LogP contribution < -0.4 is 5.32 Å². The van der Waals surface area contributed by atoms with Gasteiger partial charge in [0.2, 0.25) is 0 Å². The molecule has 0 unspecified atom stereocenters. The summed E-state index contributed by atoms with van der Waals surface area (Å²) in [4.78, 5) is 32.9. The third-order valence-corrected chi connectivity index (χ3v) is 4.37. The van der Waals surface area contributed by atoms with Crippen molar-refractivity contribution in [3.8, 4) is 0 Å².